The van der Waals surface area contributed by atoms with E-state index in [-0.39, 0.29) is 17.4 Å². The van der Waals surface area contributed by atoms with E-state index in [9.17, 15) is 19.2 Å². The van der Waals surface area contributed by atoms with Crippen LogP contribution in [-0.4, -0.2) is 83.3 Å². The molecule has 0 radical (unpaired) electrons. The molecule has 2 aromatic carbocycles. The van der Waals surface area contributed by atoms with Crippen molar-refractivity contribution in [2.45, 2.75) is 82.9 Å². The molecule has 1 unspecified atom stereocenters. The van der Waals surface area contributed by atoms with Gasteiger partial charge in [-0.15, -0.1) is 0 Å². The van der Waals surface area contributed by atoms with Crippen molar-refractivity contribution in [2.75, 3.05) is 33.0 Å². The summed E-state index contributed by atoms with van der Waals surface area (Å²) in [4.78, 5) is 54.2. The molecule has 1 heterocycles. The first-order chi connectivity index (χ1) is 21.1. The van der Waals surface area contributed by atoms with E-state index in [0.29, 0.717) is 37.4 Å². The summed E-state index contributed by atoms with van der Waals surface area (Å²) in [6, 6.07) is 16.5. The van der Waals surface area contributed by atoms with Crippen molar-refractivity contribution in [1.82, 2.24) is 15.1 Å². The van der Waals surface area contributed by atoms with Crippen LogP contribution in [0.15, 0.2) is 54.6 Å². The zero-order valence-corrected chi connectivity index (χ0v) is 28.4. The number of amides is 3. The van der Waals surface area contributed by atoms with E-state index >= 15 is 0 Å². The van der Waals surface area contributed by atoms with E-state index in [1.54, 1.807) is 48.0 Å². The van der Waals surface area contributed by atoms with Gasteiger partial charge in [-0.05, 0) is 64.7 Å². The molecule has 0 aromatic heterocycles. The molecule has 0 saturated carbocycles. The second-order valence-electron chi connectivity index (χ2n) is 13.1. The molecule has 1 saturated heterocycles. The van der Waals surface area contributed by atoms with Crippen molar-refractivity contribution in [2.24, 2.45) is 0 Å². The number of nitrogens with zero attached hydrogens (tertiary/aromatic N) is 2. The average molecular weight is 642 g/mol. The zero-order chi connectivity index (χ0) is 33.4. The minimum Gasteiger partial charge on any atom is -0.468 e. The highest BCUT2D eigenvalue weighted by atomic mass is 32.2. The van der Waals surface area contributed by atoms with Crippen molar-refractivity contribution in [3.05, 3.63) is 71.3 Å². The van der Waals surface area contributed by atoms with Crippen LogP contribution in [0, 0.1) is 0 Å². The summed E-state index contributed by atoms with van der Waals surface area (Å²) in [6.45, 7) is 12.3. The lowest BCUT2D eigenvalue weighted by molar-refractivity contribution is -0.146. The number of hydrogen-bond acceptors (Lipinski definition) is 8. The molecule has 246 valence electrons. The number of thioether (sulfide) groups is 1. The molecule has 1 aliphatic heterocycles. The second kappa shape index (κ2) is 15.5. The van der Waals surface area contributed by atoms with E-state index in [4.69, 9.17) is 14.2 Å². The third kappa shape index (κ3) is 11.0. The van der Waals surface area contributed by atoms with Gasteiger partial charge >= 0.3 is 18.2 Å². The van der Waals surface area contributed by atoms with Crippen LogP contribution >= 0.6 is 11.8 Å². The van der Waals surface area contributed by atoms with Gasteiger partial charge in [0.05, 0.1) is 13.2 Å². The number of hydrogen-bond donors (Lipinski definition) is 1. The number of nitrogens with one attached hydrogen (secondary N) is 1. The Bertz CT molecular complexity index is 1310. The Morgan fingerprint density at radius 3 is 2.16 bits per heavy atom. The summed E-state index contributed by atoms with van der Waals surface area (Å²) < 4.78 is 16.1. The van der Waals surface area contributed by atoms with Gasteiger partial charge in [-0.3, -0.25) is 9.59 Å². The minimum absolute atomic E-state index is 0.114. The zero-order valence-electron chi connectivity index (χ0n) is 27.6. The van der Waals surface area contributed by atoms with Gasteiger partial charge in [-0.1, -0.05) is 54.6 Å². The molecular formula is C34H47N3O7S. The molecule has 11 heteroatoms. The highest BCUT2D eigenvalue weighted by molar-refractivity contribution is 7.99. The van der Waals surface area contributed by atoms with Crippen molar-refractivity contribution in [3.8, 4) is 0 Å². The van der Waals surface area contributed by atoms with Gasteiger partial charge in [0, 0.05) is 37.7 Å². The molecule has 1 N–H and O–H groups in total. The highest BCUT2D eigenvalue weighted by Gasteiger charge is 2.38. The SMILES string of the molecule is COC(=O)C(C(=O)NCCS[C@H]1C[C@@H](c2ccc(CN(C)C(=O)OC(C)(C)C)cc2)N(C(=O)OC(C)(C)C)C1)c1ccccc1. The van der Waals surface area contributed by atoms with Crippen LogP contribution < -0.4 is 5.32 Å². The van der Waals surface area contributed by atoms with Crippen molar-refractivity contribution in [3.63, 3.8) is 0 Å². The van der Waals surface area contributed by atoms with Gasteiger partial charge in [0.25, 0.3) is 0 Å². The predicted octanol–water partition coefficient (Wildman–Crippen LogP) is 5.91. The normalized spacial score (nSPS) is 17.3. The Balaban J connectivity index is 1.63. The molecule has 3 rings (SSSR count). The van der Waals surface area contributed by atoms with Crippen LogP contribution in [0.2, 0.25) is 0 Å². The van der Waals surface area contributed by atoms with E-state index in [1.807, 2.05) is 71.9 Å². The number of esters is 1. The van der Waals surface area contributed by atoms with Crippen LogP contribution in [0.25, 0.3) is 0 Å². The summed E-state index contributed by atoms with van der Waals surface area (Å²) >= 11 is 1.67. The molecule has 0 bridgehead atoms. The minimum atomic E-state index is -1.04. The summed E-state index contributed by atoms with van der Waals surface area (Å²) in [6.07, 6.45) is -0.0547. The maximum Gasteiger partial charge on any atom is 0.410 e. The van der Waals surface area contributed by atoms with Crippen LogP contribution in [0.4, 0.5) is 9.59 Å². The summed E-state index contributed by atoms with van der Waals surface area (Å²) in [5, 5.41) is 2.98. The van der Waals surface area contributed by atoms with E-state index in [2.05, 4.69) is 5.32 Å². The highest BCUT2D eigenvalue weighted by Crippen LogP contribution is 2.38. The van der Waals surface area contributed by atoms with Gasteiger partial charge in [0.1, 0.15) is 11.2 Å². The molecular weight excluding hydrogens is 594 g/mol. The number of carbonyl (C=O) groups is 4. The first kappa shape index (κ1) is 35.7. The maximum absolute atomic E-state index is 13.2. The Morgan fingerprint density at radius 1 is 0.956 bits per heavy atom. The smallest absolute Gasteiger partial charge is 0.410 e. The van der Waals surface area contributed by atoms with E-state index in [0.717, 1.165) is 11.1 Å². The number of methoxy groups -OCH3 is 1. The van der Waals surface area contributed by atoms with Gasteiger partial charge in [0.15, 0.2) is 5.92 Å². The number of benzene rings is 2. The first-order valence-electron chi connectivity index (χ1n) is 15.1. The van der Waals surface area contributed by atoms with Gasteiger partial charge in [-0.2, -0.15) is 11.8 Å². The third-order valence-electron chi connectivity index (χ3n) is 6.97. The van der Waals surface area contributed by atoms with Crippen LogP contribution in [0.5, 0.6) is 0 Å². The third-order valence-corrected chi connectivity index (χ3v) is 8.22. The lowest BCUT2D eigenvalue weighted by atomic mass is 9.98. The Labute approximate surface area is 271 Å². The number of carbonyl (C=O) groups excluding carboxylic acids is 4. The predicted molar refractivity (Wildman–Crippen MR) is 175 cm³/mol. The molecule has 45 heavy (non-hydrogen) atoms. The first-order valence-corrected chi connectivity index (χ1v) is 16.2. The van der Waals surface area contributed by atoms with Crippen molar-refractivity contribution < 1.29 is 33.4 Å². The molecule has 10 nitrogen and oxygen atoms in total. The monoisotopic (exact) mass is 641 g/mol. The molecule has 2 aromatic rings. The molecule has 1 aliphatic rings. The number of ether oxygens (including phenoxy) is 3. The molecule has 0 spiro atoms. The Hall–Kier alpha value is -3.73. The van der Waals surface area contributed by atoms with Crippen LogP contribution in [0.1, 0.15) is 76.6 Å². The lowest BCUT2D eigenvalue weighted by Crippen LogP contribution is -2.37. The van der Waals surface area contributed by atoms with Crippen LogP contribution in [0.3, 0.4) is 0 Å². The number of likely N-dealkylation sites (tertiary alicyclic amines) is 1. The van der Waals surface area contributed by atoms with E-state index < -0.39 is 35.1 Å². The molecule has 0 aliphatic carbocycles. The fraction of sp³-hybridized carbons (Fsp3) is 0.529. The Morgan fingerprint density at radius 2 is 1.58 bits per heavy atom. The van der Waals surface area contributed by atoms with Gasteiger partial charge in [-0.25, -0.2) is 9.59 Å². The summed E-state index contributed by atoms with van der Waals surface area (Å²) in [5.41, 5.74) is 1.28. The Kier molecular flexibility index (Phi) is 12.3. The van der Waals surface area contributed by atoms with Crippen LogP contribution in [-0.2, 0) is 30.3 Å². The quantitative estimate of drug-likeness (QED) is 0.147. The second-order valence-corrected chi connectivity index (χ2v) is 14.5. The molecule has 1 fully saturated rings. The maximum atomic E-state index is 13.2. The molecule has 3 atom stereocenters. The number of rotatable bonds is 10. The summed E-state index contributed by atoms with van der Waals surface area (Å²) in [5.74, 6) is -1.46. The summed E-state index contributed by atoms with van der Waals surface area (Å²) in [7, 11) is 2.97. The topological polar surface area (TPSA) is 114 Å². The molecule has 3 amide bonds. The fourth-order valence-corrected chi connectivity index (χ4v) is 6.08. The fourth-order valence-electron chi connectivity index (χ4n) is 4.94. The average Bonchev–Trinajstić information content (AvgIpc) is 3.39. The van der Waals surface area contributed by atoms with Crippen molar-refractivity contribution >= 4 is 35.8 Å². The largest absolute Gasteiger partial charge is 0.468 e. The van der Waals surface area contributed by atoms with Gasteiger partial charge in [0.2, 0.25) is 5.91 Å². The lowest BCUT2D eigenvalue weighted by Gasteiger charge is -2.29. The van der Waals surface area contributed by atoms with Crippen molar-refractivity contribution in [1.29, 1.82) is 0 Å². The van der Waals surface area contributed by atoms with Gasteiger partial charge < -0.3 is 29.3 Å². The van der Waals surface area contributed by atoms with E-state index in [1.165, 1.54) is 12.0 Å². The standard InChI is InChI=1S/C34H47N3O7S/c1-33(2,3)43-31(40)36(7)21-23-14-16-24(17-15-23)27-20-26(22-37(27)32(41)44-34(4,5)6)45-19-18-35-29(38)28(30(39)42-8)25-12-10-9-11-13-25/h9-17,26-28H,18-22H2,1-8H3,(H,35,38)/t26-,27-,28?/m0/s1.